The Kier molecular flexibility index (Phi) is 7.27. The van der Waals surface area contributed by atoms with Gasteiger partial charge in [-0.25, -0.2) is 22.3 Å². The summed E-state index contributed by atoms with van der Waals surface area (Å²) in [6, 6.07) is 4.47. The van der Waals surface area contributed by atoms with E-state index in [9.17, 15) is 22.8 Å². The van der Waals surface area contributed by atoms with E-state index in [0.29, 0.717) is 0 Å². The summed E-state index contributed by atoms with van der Waals surface area (Å²) in [5.74, 6) is -1.72. The summed E-state index contributed by atoms with van der Waals surface area (Å²) < 4.78 is 29.8. The standard InChI is InChI=1S/C15H19N3O6S/c1-4-8-16-15(21)17-13(19)10-24-14(20)11-6-5-7-12(9-11)25(22,23)18(2)3/h4-7,9H,1,8,10H2,2-3H3,(H2,16,17,19,21). The van der Waals surface area contributed by atoms with Crippen molar-refractivity contribution in [3.63, 3.8) is 0 Å². The van der Waals surface area contributed by atoms with Crippen LogP contribution in [-0.4, -0.2) is 57.9 Å². The van der Waals surface area contributed by atoms with Gasteiger partial charge in [-0.15, -0.1) is 6.58 Å². The van der Waals surface area contributed by atoms with Crippen molar-refractivity contribution in [3.8, 4) is 0 Å². The number of ether oxygens (including phenoxy) is 1. The summed E-state index contributed by atoms with van der Waals surface area (Å²) in [6.45, 7) is 2.88. The maximum absolute atomic E-state index is 12.0. The quantitative estimate of drug-likeness (QED) is 0.519. The lowest BCUT2D eigenvalue weighted by Crippen LogP contribution is -2.41. The van der Waals surface area contributed by atoms with Gasteiger partial charge in [0.15, 0.2) is 6.61 Å². The number of hydrogen-bond acceptors (Lipinski definition) is 6. The lowest BCUT2D eigenvalue weighted by Gasteiger charge is -2.12. The highest BCUT2D eigenvalue weighted by Crippen LogP contribution is 2.15. The monoisotopic (exact) mass is 369 g/mol. The average Bonchev–Trinajstić information content (AvgIpc) is 2.57. The second-order valence-electron chi connectivity index (χ2n) is 4.94. The Bertz CT molecular complexity index is 773. The van der Waals surface area contributed by atoms with Crippen molar-refractivity contribution in [3.05, 3.63) is 42.5 Å². The Morgan fingerprint density at radius 2 is 1.96 bits per heavy atom. The van der Waals surface area contributed by atoms with Crippen LogP contribution in [0.15, 0.2) is 41.8 Å². The molecule has 1 aromatic carbocycles. The fraction of sp³-hybridized carbons (Fsp3) is 0.267. The SMILES string of the molecule is C=CCNC(=O)NC(=O)COC(=O)c1cccc(S(=O)(=O)N(C)C)c1. The Morgan fingerprint density at radius 3 is 2.56 bits per heavy atom. The first-order valence-corrected chi connectivity index (χ1v) is 8.50. The Morgan fingerprint density at radius 1 is 1.28 bits per heavy atom. The molecule has 0 saturated heterocycles. The van der Waals surface area contributed by atoms with Gasteiger partial charge in [-0.3, -0.25) is 10.1 Å². The summed E-state index contributed by atoms with van der Waals surface area (Å²) in [4.78, 5) is 34.6. The van der Waals surface area contributed by atoms with Gasteiger partial charge in [0.25, 0.3) is 5.91 Å². The van der Waals surface area contributed by atoms with E-state index in [1.807, 2.05) is 5.32 Å². The molecule has 0 radical (unpaired) electrons. The lowest BCUT2D eigenvalue weighted by atomic mass is 10.2. The number of sulfonamides is 1. The van der Waals surface area contributed by atoms with Crippen molar-refractivity contribution >= 4 is 27.9 Å². The van der Waals surface area contributed by atoms with Crippen molar-refractivity contribution in [1.82, 2.24) is 14.9 Å². The maximum Gasteiger partial charge on any atom is 0.338 e. The molecule has 0 aliphatic rings. The van der Waals surface area contributed by atoms with Gasteiger partial charge in [-0.2, -0.15) is 0 Å². The fourth-order valence-corrected chi connectivity index (χ4v) is 2.53. The molecule has 9 nitrogen and oxygen atoms in total. The summed E-state index contributed by atoms with van der Waals surface area (Å²) >= 11 is 0. The van der Waals surface area contributed by atoms with Crippen LogP contribution in [0.2, 0.25) is 0 Å². The van der Waals surface area contributed by atoms with E-state index >= 15 is 0 Å². The van der Waals surface area contributed by atoms with Gasteiger partial charge in [0, 0.05) is 20.6 Å². The zero-order valence-electron chi connectivity index (χ0n) is 13.8. The van der Waals surface area contributed by atoms with Gasteiger partial charge in [0.1, 0.15) is 0 Å². The van der Waals surface area contributed by atoms with Crippen molar-refractivity contribution in [2.24, 2.45) is 0 Å². The Hall–Kier alpha value is -2.72. The number of imide groups is 1. The number of urea groups is 1. The molecule has 1 aromatic rings. The van der Waals surface area contributed by atoms with E-state index in [1.54, 1.807) is 0 Å². The van der Waals surface area contributed by atoms with Gasteiger partial charge < -0.3 is 10.1 Å². The zero-order valence-corrected chi connectivity index (χ0v) is 14.6. The van der Waals surface area contributed by atoms with E-state index in [0.717, 1.165) is 10.4 Å². The first-order valence-electron chi connectivity index (χ1n) is 7.06. The van der Waals surface area contributed by atoms with Crippen LogP contribution >= 0.6 is 0 Å². The van der Waals surface area contributed by atoms with Gasteiger partial charge in [-0.05, 0) is 18.2 Å². The third kappa shape index (κ3) is 6.01. The van der Waals surface area contributed by atoms with Gasteiger partial charge in [0.2, 0.25) is 10.0 Å². The highest BCUT2D eigenvalue weighted by atomic mass is 32.2. The molecular weight excluding hydrogens is 350 g/mol. The minimum atomic E-state index is -3.70. The minimum Gasteiger partial charge on any atom is -0.452 e. The molecule has 3 amide bonds. The Labute approximate surface area is 145 Å². The number of benzene rings is 1. The van der Waals surface area contributed by atoms with Crippen LogP contribution in [0.4, 0.5) is 4.79 Å². The van der Waals surface area contributed by atoms with Crippen LogP contribution in [0.25, 0.3) is 0 Å². The van der Waals surface area contributed by atoms with E-state index in [1.165, 1.54) is 38.4 Å². The molecule has 0 fully saturated rings. The van der Waals surface area contributed by atoms with Crippen LogP contribution in [0.1, 0.15) is 10.4 Å². The maximum atomic E-state index is 12.0. The Balaban J connectivity index is 2.68. The van der Waals surface area contributed by atoms with E-state index < -0.39 is 34.5 Å². The number of hydrogen-bond donors (Lipinski definition) is 2. The smallest absolute Gasteiger partial charge is 0.338 e. The van der Waals surface area contributed by atoms with Crippen molar-refractivity contribution in [2.45, 2.75) is 4.90 Å². The molecule has 2 N–H and O–H groups in total. The van der Waals surface area contributed by atoms with E-state index in [-0.39, 0.29) is 17.0 Å². The number of carbonyl (C=O) groups excluding carboxylic acids is 3. The number of nitrogens with one attached hydrogen (secondary N) is 2. The number of nitrogens with zero attached hydrogens (tertiary/aromatic N) is 1. The topological polar surface area (TPSA) is 122 Å². The van der Waals surface area contributed by atoms with Crippen molar-refractivity contribution < 1.29 is 27.5 Å². The predicted molar refractivity (Wildman–Crippen MR) is 89.3 cm³/mol. The highest BCUT2D eigenvalue weighted by Gasteiger charge is 2.19. The van der Waals surface area contributed by atoms with Crippen LogP contribution in [0, 0.1) is 0 Å². The van der Waals surface area contributed by atoms with E-state index in [4.69, 9.17) is 4.74 Å². The number of amides is 3. The van der Waals surface area contributed by atoms with Crippen LogP contribution < -0.4 is 10.6 Å². The molecule has 0 atom stereocenters. The van der Waals surface area contributed by atoms with Gasteiger partial charge in [-0.1, -0.05) is 12.1 Å². The van der Waals surface area contributed by atoms with Gasteiger partial charge in [0.05, 0.1) is 10.5 Å². The van der Waals surface area contributed by atoms with Crippen LogP contribution in [0.5, 0.6) is 0 Å². The summed E-state index contributed by atoms with van der Waals surface area (Å²) in [5, 5.41) is 4.27. The first-order chi connectivity index (χ1) is 11.7. The fourth-order valence-electron chi connectivity index (χ4n) is 1.58. The third-order valence-electron chi connectivity index (χ3n) is 2.84. The van der Waals surface area contributed by atoms with E-state index in [2.05, 4.69) is 11.9 Å². The molecule has 0 heterocycles. The zero-order chi connectivity index (χ0) is 19.0. The molecule has 10 heteroatoms. The number of esters is 1. The minimum absolute atomic E-state index is 0.0353. The van der Waals surface area contributed by atoms with Crippen LogP contribution in [0.3, 0.4) is 0 Å². The summed E-state index contributed by atoms with van der Waals surface area (Å²) in [6.07, 6.45) is 1.43. The molecule has 0 aliphatic carbocycles. The van der Waals surface area contributed by atoms with Crippen molar-refractivity contribution in [2.75, 3.05) is 27.2 Å². The number of rotatable bonds is 7. The molecule has 0 aromatic heterocycles. The molecule has 0 spiro atoms. The van der Waals surface area contributed by atoms with Crippen molar-refractivity contribution in [1.29, 1.82) is 0 Å². The third-order valence-corrected chi connectivity index (χ3v) is 4.65. The van der Waals surface area contributed by atoms with Crippen LogP contribution in [-0.2, 0) is 19.6 Å². The van der Waals surface area contributed by atoms with Gasteiger partial charge >= 0.3 is 12.0 Å². The molecule has 136 valence electrons. The lowest BCUT2D eigenvalue weighted by molar-refractivity contribution is -0.123. The largest absolute Gasteiger partial charge is 0.452 e. The molecule has 25 heavy (non-hydrogen) atoms. The second-order valence-corrected chi connectivity index (χ2v) is 7.09. The molecule has 0 unspecified atom stereocenters. The molecule has 0 aliphatic heterocycles. The second kappa shape index (κ2) is 8.94. The molecule has 1 rings (SSSR count). The predicted octanol–water partition coefficient (Wildman–Crippen LogP) is 0.106. The normalized spacial score (nSPS) is 10.8. The number of carbonyl (C=O) groups is 3. The summed E-state index contributed by atoms with van der Waals surface area (Å²) in [7, 11) is -0.977. The first kappa shape index (κ1) is 20.3. The highest BCUT2D eigenvalue weighted by molar-refractivity contribution is 7.89. The average molecular weight is 369 g/mol. The molecular formula is C15H19N3O6S. The molecule has 0 bridgehead atoms. The molecule has 0 saturated carbocycles. The summed E-state index contributed by atoms with van der Waals surface area (Å²) in [5.41, 5.74) is -0.0353.